The van der Waals surface area contributed by atoms with E-state index in [0.717, 1.165) is 11.1 Å². The van der Waals surface area contributed by atoms with Crippen LogP contribution in [0, 0.1) is 6.92 Å². The first-order valence-electron chi connectivity index (χ1n) is 6.71. The number of benzene rings is 2. The summed E-state index contributed by atoms with van der Waals surface area (Å²) in [5.74, 6) is 0. The monoisotopic (exact) mass is 328 g/mol. The number of urea groups is 1. The molecule has 0 radical (unpaired) electrons. The molecular weight excluding hydrogens is 316 g/mol. The molecule has 6 nitrogen and oxygen atoms in total. The molecule has 23 heavy (non-hydrogen) atoms. The molecule has 0 spiro atoms. The smallest absolute Gasteiger partial charge is 0.282 e. The molecule has 0 saturated carbocycles. The van der Waals surface area contributed by atoms with Gasteiger partial charge >= 0.3 is 6.03 Å². The average molecular weight is 328 g/mol. The third kappa shape index (κ3) is 3.10. The molecule has 0 unspecified atom stereocenters. The summed E-state index contributed by atoms with van der Waals surface area (Å²) in [5.41, 5.74) is 3.19. The van der Waals surface area contributed by atoms with Gasteiger partial charge in [-0.2, -0.15) is 18.4 Å². The quantitative estimate of drug-likeness (QED) is 0.876. The van der Waals surface area contributed by atoms with Crippen molar-refractivity contribution in [1.29, 1.82) is 0 Å². The Morgan fingerprint density at radius 3 is 1.70 bits per heavy atom. The Morgan fingerprint density at radius 1 is 0.826 bits per heavy atom. The van der Waals surface area contributed by atoms with E-state index in [1.165, 1.54) is 24.3 Å². The third-order valence-electron chi connectivity index (χ3n) is 3.39. The highest BCUT2D eigenvalue weighted by Gasteiger charge is 2.23. The minimum absolute atomic E-state index is 0.222. The van der Waals surface area contributed by atoms with Crippen molar-refractivity contribution in [3.63, 3.8) is 0 Å². The first kappa shape index (κ1) is 15.3. The van der Waals surface area contributed by atoms with Crippen LogP contribution in [0.2, 0.25) is 0 Å². The molecule has 1 aliphatic rings. The second-order valence-corrected chi connectivity index (χ2v) is 6.49. The van der Waals surface area contributed by atoms with Gasteiger partial charge in [-0.05, 0) is 19.1 Å². The molecule has 0 saturated heterocycles. The molecule has 2 aromatic carbocycles. The molecular formula is C16H12N2O4S. The van der Waals surface area contributed by atoms with Crippen molar-refractivity contribution in [3.05, 3.63) is 65.2 Å². The summed E-state index contributed by atoms with van der Waals surface area (Å²) in [5, 5.41) is 0. The van der Waals surface area contributed by atoms with Gasteiger partial charge < -0.3 is 0 Å². The Kier molecular flexibility index (Phi) is 3.67. The van der Waals surface area contributed by atoms with Crippen LogP contribution in [0.1, 0.15) is 16.7 Å². The first-order chi connectivity index (χ1) is 10.8. The van der Waals surface area contributed by atoms with Crippen molar-refractivity contribution >= 4 is 27.6 Å². The molecule has 116 valence electrons. The lowest BCUT2D eigenvalue weighted by Gasteiger charge is -2.06. The van der Waals surface area contributed by atoms with Gasteiger partial charge in [-0.1, -0.05) is 42.0 Å². The topological polar surface area (TPSA) is 96.2 Å². The maximum Gasteiger partial charge on any atom is 0.368 e. The summed E-state index contributed by atoms with van der Waals surface area (Å²) >= 11 is 0. The molecule has 0 aliphatic carbocycles. The standard InChI is InChI=1S/C16H12N2O4S/c1-10-2-4-11(5-3-10)14-15(18-16(19)17-14)12-6-8-13(9-7-12)23(20,21)22/h2-9H,1H3,(H,20,21,22). The van der Waals surface area contributed by atoms with E-state index in [0.29, 0.717) is 17.0 Å². The van der Waals surface area contributed by atoms with Crippen LogP contribution < -0.4 is 0 Å². The lowest BCUT2D eigenvalue weighted by molar-refractivity contribution is 0.257. The highest BCUT2D eigenvalue weighted by molar-refractivity contribution is 7.85. The molecule has 0 aromatic heterocycles. The zero-order valence-corrected chi connectivity index (χ0v) is 12.9. The molecule has 0 atom stereocenters. The second kappa shape index (κ2) is 5.53. The Balaban J connectivity index is 2.01. The van der Waals surface area contributed by atoms with Crippen LogP contribution in [0.25, 0.3) is 0 Å². The van der Waals surface area contributed by atoms with Crippen molar-refractivity contribution in [1.82, 2.24) is 0 Å². The van der Waals surface area contributed by atoms with Gasteiger partial charge in [0.05, 0.1) is 4.90 Å². The Bertz CT molecular complexity index is 941. The number of carbonyl (C=O) groups excluding carboxylic acids is 1. The summed E-state index contributed by atoms with van der Waals surface area (Å²) in [6.45, 7) is 1.95. The van der Waals surface area contributed by atoms with E-state index in [2.05, 4.69) is 9.98 Å². The predicted molar refractivity (Wildman–Crippen MR) is 85.9 cm³/mol. The molecule has 7 heteroatoms. The van der Waals surface area contributed by atoms with E-state index in [1.54, 1.807) is 0 Å². The van der Waals surface area contributed by atoms with Gasteiger partial charge in [-0.15, -0.1) is 0 Å². The normalized spacial score (nSPS) is 14.6. The van der Waals surface area contributed by atoms with E-state index in [4.69, 9.17) is 4.55 Å². The van der Waals surface area contributed by atoms with Crippen molar-refractivity contribution in [2.45, 2.75) is 11.8 Å². The van der Waals surface area contributed by atoms with Crippen LogP contribution in [0.5, 0.6) is 0 Å². The highest BCUT2D eigenvalue weighted by atomic mass is 32.2. The fourth-order valence-corrected chi connectivity index (χ4v) is 2.70. The number of carbonyl (C=O) groups is 1. The van der Waals surface area contributed by atoms with Gasteiger partial charge in [-0.25, -0.2) is 4.79 Å². The van der Waals surface area contributed by atoms with Gasteiger partial charge in [-0.3, -0.25) is 4.55 Å². The SMILES string of the molecule is Cc1ccc(C2=NC(=O)N=C2c2ccc(S(=O)(=O)O)cc2)cc1. The summed E-state index contributed by atoms with van der Waals surface area (Å²) in [7, 11) is -4.26. The maximum absolute atomic E-state index is 11.6. The molecule has 0 bridgehead atoms. The number of amides is 2. The number of hydrogen-bond donors (Lipinski definition) is 1. The highest BCUT2D eigenvalue weighted by Crippen LogP contribution is 2.18. The van der Waals surface area contributed by atoms with Crippen LogP contribution in [0.4, 0.5) is 4.79 Å². The van der Waals surface area contributed by atoms with Gasteiger partial charge in [0.1, 0.15) is 11.4 Å². The Labute approximate surface area is 133 Å². The molecule has 2 amide bonds. The largest absolute Gasteiger partial charge is 0.368 e. The molecule has 1 heterocycles. The van der Waals surface area contributed by atoms with Crippen molar-refractivity contribution < 1.29 is 17.8 Å². The zero-order chi connectivity index (χ0) is 16.6. The van der Waals surface area contributed by atoms with Crippen molar-refractivity contribution in [2.24, 2.45) is 9.98 Å². The number of aryl methyl sites for hydroxylation is 1. The van der Waals surface area contributed by atoms with E-state index in [1.807, 2.05) is 31.2 Å². The number of aliphatic imine (C=N–C) groups is 2. The summed E-state index contributed by atoms with van der Waals surface area (Å²) in [6.07, 6.45) is 0. The third-order valence-corrected chi connectivity index (χ3v) is 4.26. The minimum Gasteiger partial charge on any atom is -0.282 e. The van der Waals surface area contributed by atoms with Crippen LogP contribution in [-0.2, 0) is 10.1 Å². The summed E-state index contributed by atoms with van der Waals surface area (Å²) < 4.78 is 31.2. The lowest BCUT2D eigenvalue weighted by Crippen LogP contribution is -2.14. The van der Waals surface area contributed by atoms with Gasteiger partial charge in [0.2, 0.25) is 0 Å². The minimum atomic E-state index is -4.26. The van der Waals surface area contributed by atoms with Crippen LogP contribution in [-0.4, -0.2) is 30.4 Å². The zero-order valence-electron chi connectivity index (χ0n) is 12.1. The molecule has 1 N–H and O–H groups in total. The Morgan fingerprint density at radius 2 is 1.26 bits per heavy atom. The lowest BCUT2D eigenvalue weighted by atomic mass is 9.99. The van der Waals surface area contributed by atoms with E-state index >= 15 is 0 Å². The maximum atomic E-state index is 11.6. The van der Waals surface area contributed by atoms with Crippen LogP contribution in [0.3, 0.4) is 0 Å². The molecule has 2 aromatic rings. The summed E-state index contributed by atoms with van der Waals surface area (Å²) in [6, 6.07) is 12.3. The van der Waals surface area contributed by atoms with Gasteiger partial charge in [0.15, 0.2) is 0 Å². The molecule has 3 rings (SSSR count). The van der Waals surface area contributed by atoms with Crippen molar-refractivity contribution in [2.75, 3.05) is 0 Å². The first-order valence-corrected chi connectivity index (χ1v) is 8.15. The second-order valence-electron chi connectivity index (χ2n) is 5.07. The average Bonchev–Trinajstić information content (AvgIpc) is 2.89. The van der Waals surface area contributed by atoms with Crippen LogP contribution in [0.15, 0.2) is 63.4 Å². The van der Waals surface area contributed by atoms with Gasteiger partial charge in [0.25, 0.3) is 10.1 Å². The Hall–Kier alpha value is -2.64. The van der Waals surface area contributed by atoms with E-state index < -0.39 is 16.1 Å². The van der Waals surface area contributed by atoms with E-state index in [9.17, 15) is 13.2 Å². The number of rotatable bonds is 3. The van der Waals surface area contributed by atoms with Crippen molar-refractivity contribution in [3.8, 4) is 0 Å². The van der Waals surface area contributed by atoms with E-state index in [-0.39, 0.29) is 4.90 Å². The number of hydrogen-bond acceptors (Lipinski definition) is 3. The fourth-order valence-electron chi connectivity index (χ4n) is 2.22. The predicted octanol–water partition coefficient (Wildman–Crippen LogP) is 2.65. The van der Waals surface area contributed by atoms with Gasteiger partial charge in [0, 0.05) is 11.1 Å². The summed E-state index contributed by atoms with van der Waals surface area (Å²) in [4.78, 5) is 19.2. The van der Waals surface area contributed by atoms with Crippen LogP contribution >= 0.6 is 0 Å². The fraction of sp³-hybridized carbons (Fsp3) is 0.0625. The molecule has 1 aliphatic heterocycles. The molecule has 0 fully saturated rings. The number of nitrogens with zero attached hydrogens (tertiary/aromatic N) is 2.